The van der Waals surface area contributed by atoms with Crippen LogP contribution in [0.5, 0.6) is 0 Å². The average Bonchev–Trinajstić information content (AvgIpc) is 3.24. The molecule has 1 saturated heterocycles. The van der Waals surface area contributed by atoms with Crippen molar-refractivity contribution in [1.29, 1.82) is 0 Å². The third-order valence-corrected chi connectivity index (χ3v) is 5.64. The Morgan fingerprint density at radius 3 is 2.83 bits per heavy atom. The molecule has 1 aromatic heterocycles. The quantitative estimate of drug-likeness (QED) is 0.422. The van der Waals surface area contributed by atoms with Gasteiger partial charge >= 0.3 is 0 Å². The number of hydrogen-bond acceptors (Lipinski definition) is 4. The summed E-state index contributed by atoms with van der Waals surface area (Å²) in [6.45, 7) is 5.22. The van der Waals surface area contributed by atoms with Gasteiger partial charge in [0.25, 0.3) is 0 Å². The molecule has 23 heavy (non-hydrogen) atoms. The Balaban J connectivity index is 0.00000192. The lowest BCUT2D eigenvalue weighted by Crippen LogP contribution is -2.44. The van der Waals surface area contributed by atoms with Crippen LogP contribution in [0.2, 0.25) is 0 Å². The second-order valence-electron chi connectivity index (χ2n) is 6.33. The smallest absolute Gasteiger partial charge is 0.191 e. The van der Waals surface area contributed by atoms with Crippen LogP contribution in [0, 0.1) is 6.92 Å². The number of aliphatic imine (C=N–C) groups is 1. The summed E-state index contributed by atoms with van der Waals surface area (Å²) < 4.78 is 0. The third-order valence-electron chi connectivity index (χ3n) is 4.72. The predicted molar refractivity (Wildman–Crippen MR) is 108 cm³/mol. The number of rotatable bonds is 4. The number of thiazole rings is 1. The molecule has 0 aromatic carbocycles. The van der Waals surface area contributed by atoms with Gasteiger partial charge in [0.05, 0.1) is 11.6 Å². The van der Waals surface area contributed by atoms with E-state index >= 15 is 0 Å². The highest BCUT2D eigenvalue weighted by Gasteiger charge is 2.30. The maximum absolute atomic E-state index is 4.36. The third kappa shape index (κ3) is 5.29. The molecule has 130 valence electrons. The van der Waals surface area contributed by atoms with Gasteiger partial charge in [-0.2, -0.15) is 0 Å². The lowest BCUT2D eigenvalue weighted by Gasteiger charge is -2.24. The molecule has 0 amide bonds. The first-order valence-corrected chi connectivity index (χ1v) is 9.19. The second-order valence-corrected chi connectivity index (χ2v) is 7.65. The molecule has 2 fully saturated rings. The number of nitrogens with zero attached hydrogens (tertiary/aromatic N) is 3. The molecule has 0 bridgehead atoms. The summed E-state index contributed by atoms with van der Waals surface area (Å²) in [7, 11) is 1.84. The van der Waals surface area contributed by atoms with E-state index in [4.69, 9.17) is 0 Å². The fraction of sp³-hybridized carbons (Fsp3) is 0.750. The molecule has 2 aliphatic rings. The van der Waals surface area contributed by atoms with Gasteiger partial charge in [-0.25, -0.2) is 4.98 Å². The Labute approximate surface area is 160 Å². The zero-order chi connectivity index (χ0) is 15.4. The average molecular weight is 449 g/mol. The molecule has 1 saturated carbocycles. The minimum Gasteiger partial charge on any atom is -0.352 e. The molecule has 1 aliphatic heterocycles. The number of aryl methyl sites for hydroxylation is 1. The Bertz CT molecular complexity index is 512. The maximum atomic E-state index is 4.36. The van der Waals surface area contributed by atoms with Crippen molar-refractivity contribution in [2.45, 2.75) is 57.7 Å². The van der Waals surface area contributed by atoms with Crippen LogP contribution >= 0.6 is 35.3 Å². The van der Waals surface area contributed by atoms with Crippen LogP contribution in [0.15, 0.2) is 11.2 Å². The zero-order valence-electron chi connectivity index (χ0n) is 14.0. The summed E-state index contributed by atoms with van der Waals surface area (Å²) in [6, 6.07) is 1.36. The van der Waals surface area contributed by atoms with Crippen molar-refractivity contribution in [1.82, 2.24) is 20.5 Å². The van der Waals surface area contributed by atoms with Gasteiger partial charge in [-0.15, -0.1) is 35.3 Å². The van der Waals surface area contributed by atoms with Crippen LogP contribution in [-0.2, 0) is 6.54 Å². The summed E-state index contributed by atoms with van der Waals surface area (Å²) in [6.07, 6.45) is 8.77. The van der Waals surface area contributed by atoms with Crippen molar-refractivity contribution in [3.63, 3.8) is 0 Å². The van der Waals surface area contributed by atoms with Crippen LogP contribution in [-0.4, -0.2) is 48.1 Å². The van der Waals surface area contributed by atoms with Crippen LogP contribution in [0.3, 0.4) is 0 Å². The number of halogens is 1. The SMILES string of the molecule is CN=C(NCc1cnc(C)s1)NC1CCN(C2CCCC2)C1.I. The van der Waals surface area contributed by atoms with Crippen molar-refractivity contribution in [2.24, 2.45) is 4.99 Å². The van der Waals surface area contributed by atoms with Gasteiger partial charge in [0.1, 0.15) is 0 Å². The minimum atomic E-state index is 0. The first-order valence-electron chi connectivity index (χ1n) is 8.37. The molecule has 1 aromatic rings. The van der Waals surface area contributed by atoms with Gasteiger partial charge in [0, 0.05) is 43.3 Å². The van der Waals surface area contributed by atoms with Crippen molar-refractivity contribution < 1.29 is 0 Å². The molecule has 0 radical (unpaired) electrons. The molecule has 1 unspecified atom stereocenters. The fourth-order valence-electron chi connectivity index (χ4n) is 3.55. The van der Waals surface area contributed by atoms with E-state index in [0.29, 0.717) is 6.04 Å². The minimum absolute atomic E-state index is 0. The van der Waals surface area contributed by atoms with Crippen molar-refractivity contribution >= 4 is 41.3 Å². The Morgan fingerprint density at radius 2 is 2.17 bits per heavy atom. The highest BCUT2D eigenvalue weighted by molar-refractivity contribution is 14.0. The van der Waals surface area contributed by atoms with Crippen molar-refractivity contribution in [3.05, 3.63) is 16.1 Å². The monoisotopic (exact) mass is 449 g/mol. The molecular formula is C16H28IN5S. The lowest BCUT2D eigenvalue weighted by atomic mass is 10.2. The van der Waals surface area contributed by atoms with E-state index in [2.05, 4.69) is 25.5 Å². The highest BCUT2D eigenvalue weighted by atomic mass is 127. The molecule has 0 spiro atoms. The first-order chi connectivity index (χ1) is 10.7. The Morgan fingerprint density at radius 1 is 1.39 bits per heavy atom. The standard InChI is InChI=1S/C16H27N5S.HI/c1-12-18-9-15(22-12)10-19-16(17-2)20-13-7-8-21(11-13)14-5-3-4-6-14;/h9,13-14H,3-8,10-11H2,1-2H3,(H2,17,19,20);1H. The van der Waals surface area contributed by atoms with Crippen LogP contribution in [0.25, 0.3) is 0 Å². The van der Waals surface area contributed by atoms with Gasteiger partial charge < -0.3 is 10.6 Å². The molecule has 5 nitrogen and oxygen atoms in total. The molecular weight excluding hydrogens is 421 g/mol. The maximum Gasteiger partial charge on any atom is 0.191 e. The van der Waals surface area contributed by atoms with E-state index in [9.17, 15) is 0 Å². The summed E-state index contributed by atoms with van der Waals surface area (Å²) in [5.41, 5.74) is 0. The van der Waals surface area contributed by atoms with Crippen molar-refractivity contribution in [2.75, 3.05) is 20.1 Å². The van der Waals surface area contributed by atoms with E-state index in [1.807, 2.05) is 20.2 Å². The molecule has 3 rings (SSSR count). The number of nitrogens with one attached hydrogen (secondary N) is 2. The van der Waals surface area contributed by atoms with Gasteiger partial charge in [-0.3, -0.25) is 9.89 Å². The first kappa shape index (κ1) is 18.9. The zero-order valence-corrected chi connectivity index (χ0v) is 17.2. The van der Waals surface area contributed by atoms with Crippen molar-refractivity contribution in [3.8, 4) is 0 Å². The topological polar surface area (TPSA) is 52.6 Å². The summed E-state index contributed by atoms with van der Waals surface area (Å²) in [4.78, 5) is 12.6. The number of aromatic nitrogens is 1. The predicted octanol–water partition coefficient (Wildman–Crippen LogP) is 2.75. The largest absolute Gasteiger partial charge is 0.352 e. The van der Waals surface area contributed by atoms with E-state index < -0.39 is 0 Å². The number of guanidine groups is 1. The Hall–Kier alpha value is -0.410. The van der Waals surface area contributed by atoms with Crippen LogP contribution < -0.4 is 10.6 Å². The van der Waals surface area contributed by atoms with Crippen LogP contribution in [0.4, 0.5) is 0 Å². The molecule has 2 heterocycles. The van der Waals surface area contributed by atoms with Crippen LogP contribution in [0.1, 0.15) is 42.0 Å². The van der Waals surface area contributed by atoms with E-state index in [-0.39, 0.29) is 24.0 Å². The normalized spacial score (nSPS) is 23.0. The van der Waals surface area contributed by atoms with E-state index in [0.717, 1.165) is 30.1 Å². The summed E-state index contributed by atoms with van der Waals surface area (Å²) >= 11 is 1.74. The molecule has 1 atom stereocenters. The molecule has 1 aliphatic carbocycles. The number of likely N-dealkylation sites (tertiary alicyclic amines) is 1. The molecule has 2 N–H and O–H groups in total. The van der Waals surface area contributed by atoms with Gasteiger partial charge in [0.2, 0.25) is 0 Å². The number of hydrogen-bond donors (Lipinski definition) is 2. The van der Waals surface area contributed by atoms with E-state index in [1.165, 1.54) is 43.5 Å². The second kappa shape index (κ2) is 9.17. The summed E-state index contributed by atoms with van der Waals surface area (Å²) in [5.74, 6) is 0.907. The lowest BCUT2D eigenvalue weighted by molar-refractivity contribution is 0.242. The Kier molecular flexibility index (Phi) is 7.55. The van der Waals surface area contributed by atoms with Gasteiger partial charge in [0.15, 0.2) is 5.96 Å². The van der Waals surface area contributed by atoms with E-state index in [1.54, 1.807) is 11.3 Å². The fourth-order valence-corrected chi connectivity index (χ4v) is 4.29. The summed E-state index contributed by atoms with van der Waals surface area (Å²) in [5, 5.41) is 8.09. The van der Waals surface area contributed by atoms with Gasteiger partial charge in [-0.05, 0) is 26.2 Å². The molecule has 7 heteroatoms. The van der Waals surface area contributed by atoms with Gasteiger partial charge in [-0.1, -0.05) is 12.8 Å². The highest BCUT2D eigenvalue weighted by Crippen LogP contribution is 2.26.